The molecule has 5 nitrogen and oxygen atoms in total. The molecule has 6 heteroatoms. The lowest BCUT2D eigenvalue weighted by Crippen LogP contribution is -2.17. The Kier molecular flexibility index (Phi) is 4.93. The molecule has 0 saturated carbocycles. The maximum atomic E-state index is 12.4. The summed E-state index contributed by atoms with van der Waals surface area (Å²) in [6.07, 6.45) is 1.59. The van der Waals surface area contributed by atoms with E-state index in [0.29, 0.717) is 17.8 Å². The topological polar surface area (TPSA) is 71.2 Å². The lowest BCUT2D eigenvalue weighted by molar-refractivity contribution is 0.102. The Morgan fingerprint density at radius 2 is 2.10 bits per heavy atom. The second-order valence-electron chi connectivity index (χ2n) is 4.75. The molecule has 2 rings (SSSR count). The first-order valence-corrected chi connectivity index (χ1v) is 7.24. The molecule has 110 valence electrons. The summed E-state index contributed by atoms with van der Waals surface area (Å²) >= 11 is 3.42. The van der Waals surface area contributed by atoms with Gasteiger partial charge in [-0.2, -0.15) is 0 Å². The average Bonchev–Trinajstić information content (AvgIpc) is 2.47. The Morgan fingerprint density at radius 1 is 1.33 bits per heavy atom. The van der Waals surface area contributed by atoms with Gasteiger partial charge >= 0.3 is 0 Å². The Hall–Kier alpha value is -1.92. The molecule has 1 heterocycles. The van der Waals surface area contributed by atoms with Gasteiger partial charge in [0.1, 0.15) is 0 Å². The summed E-state index contributed by atoms with van der Waals surface area (Å²) in [5.74, 6) is -0.187. The largest absolute Gasteiger partial charge is 0.376 e. The van der Waals surface area contributed by atoms with E-state index in [9.17, 15) is 4.79 Å². The molecule has 0 radical (unpaired) electrons. The number of halogens is 1. The van der Waals surface area contributed by atoms with Crippen molar-refractivity contribution in [2.45, 2.75) is 6.54 Å². The van der Waals surface area contributed by atoms with Crippen molar-refractivity contribution in [3.8, 4) is 0 Å². The summed E-state index contributed by atoms with van der Waals surface area (Å²) in [5.41, 5.74) is 8.44. The molecule has 1 amide bonds. The van der Waals surface area contributed by atoms with Crippen LogP contribution < -0.4 is 16.0 Å². The van der Waals surface area contributed by atoms with Crippen LogP contribution in [-0.2, 0) is 6.54 Å². The van der Waals surface area contributed by atoms with Crippen LogP contribution in [0.5, 0.6) is 0 Å². The lowest BCUT2D eigenvalue weighted by Gasteiger charge is -2.18. The molecular formula is C15H17BrN4O. The van der Waals surface area contributed by atoms with Crippen molar-refractivity contribution in [2.24, 2.45) is 5.73 Å². The molecule has 0 fully saturated rings. The summed E-state index contributed by atoms with van der Waals surface area (Å²) in [6.45, 7) is 0.307. The number of hydrogen-bond donors (Lipinski definition) is 2. The van der Waals surface area contributed by atoms with E-state index in [0.717, 1.165) is 15.8 Å². The van der Waals surface area contributed by atoms with Crippen molar-refractivity contribution in [1.29, 1.82) is 0 Å². The van der Waals surface area contributed by atoms with E-state index in [1.165, 1.54) is 0 Å². The number of pyridine rings is 1. The van der Waals surface area contributed by atoms with Crippen molar-refractivity contribution in [3.05, 3.63) is 52.3 Å². The molecule has 0 aliphatic carbocycles. The monoisotopic (exact) mass is 348 g/mol. The number of nitrogens with zero attached hydrogens (tertiary/aromatic N) is 2. The quantitative estimate of drug-likeness (QED) is 0.890. The summed E-state index contributed by atoms with van der Waals surface area (Å²) in [6, 6.07) is 9.12. The van der Waals surface area contributed by atoms with Gasteiger partial charge in [0.15, 0.2) is 0 Å². The van der Waals surface area contributed by atoms with Gasteiger partial charge in [-0.15, -0.1) is 0 Å². The maximum absolute atomic E-state index is 12.4. The summed E-state index contributed by atoms with van der Waals surface area (Å²) in [7, 11) is 3.86. The van der Waals surface area contributed by atoms with Crippen LogP contribution in [0.3, 0.4) is 0 Å². The molecule has 3 N–H and O–H groups in total. The molecule has 1 aromatic heterocycles. The van der Waals surface area contributed by atoms with Crippen LogP contribution in [-0.4, -0.2) is 25.0 Å². The number of hydrogen-bond acceptors (Lipinski definition) is 4. The van der Waals surface area contributed by atoms with Crippen molar-refractivity contribution in [1.82, 2.24) is 4.98 Å². The van der Waals surface area contributed by atoms with Gasteiger partial charge in [0, 0.05) is 36.9 Å². The minimum absolute atomic E-state index is 0.187. The molecule has 0 aliphatic heterocycles. The molecule has 1 aromatic carbocycles. The minimum Gasteiger partial charge on any atom is -0.376 e. The van der Waals surface area contributed by atoms with Gasteiger partial charge in [-0.05, 0) is 30.3 Å². The Balaban J connectivity index is 2.28. The van der Waals surface area contributed by atoms with Gasteiger partial charge < -0.3 is 16.0 Å². The van der Waals surface area contributed by atoms with Crippen LogP contribution in [0.4, 0.5) is 11.4 Å². The van der Waals surface area contributed by atoms with Gasteiger partial charge in [0.25, 0.3) is 5.91 Å². The van der Waals surface area contributed by atoms with Crippen LogP contribution in [0.2, 0.25) is 0 Å². The van der Waals surface area contributed by atoms with Gasteiger partial charge in [-0.3, -0.25) is 9.78 Å². The van der Waals surface area contributed by atoms with E-state index in [-0.39, 0.29) is 5.91 Å². The Labute approximate surface area is 132 Å². The highest BCUT2D eigenvalue weighted by atomic mass is 79.9. The van der Waals surface area contributed by atoms with E-state index < -0.39 is 0 Å². The minimum atomic E-state index is -0.187. The number of nitrogens with two attached hydrogens (primary N) is 1. The van der Waals surface area contributed by atoms with Crippen LogP contribution >= 0.6 is 15.9 Å². The van der Waals surface area contributed by atoms with E-state index >= 15 is 0 Å². The smallest absolute Gasteiger partial charge is 0.255 e. The average molecular weight is 349 g/mol. The van der Waals surface area contributed by atoms with E-state index in [1.54, 1.807) is 18.3 Å². The molecule has 0 bridgehead atoms. The van der Waals surface area contributed by atoms with E-state index in [4.69, 9.17) is 5.73 Å². The second kappa shape index (κ2) is 6.69. The third-order valence-corrected chi connectivity index (χ3v) is 3.47. The van der Waals surface area contributed by atoms with Crippen molar-refractivity contribution in [2.75, 3.05) is 24.3 Å². The lowest BCUT2D eigenvalue weighted by atomic mass is 10.2. The molecule has 0 aliphatic rings. The van der Waals surface area contributed by atoms with Crippen LogP contribution in [0.25, 0.3) is 0 Å². The SMILES string of the molecule is CN(C)c1ccc(Br)cc1NC(=O)c1ccnc(CN)c1. The number of anilines is 2. The molecule has 2 aromatic rings. The standard InChI is InChI=1S/C15H17BrN4O/c1-20(2)14-4-3-11(16)8-13(14)19-15(21)10-5-6-18-12(7-10)9-17/h3-8H,9,17H2,1-2H3,(H,19,21). The predicted octanol–water partition coefficient (Wildman–Crippen LogP) is 2.62. The summed E-state index contributed by atoms with van der Waals surface area (Å²) < 4.78 is 0.903. The zero-order valence-electron chi connectivity index (χ0n) is 11.9. The predicted molar refractivity (Wildman–Crippen MR) is 88.6 cm³/mol. The van der Waals surface area contributed by atoms with Crippen molar-refractivity contribution >= 4 is 33.2 Å². The van der Waals surface area contributed by atoms with Gasteiger partial charge in [0.2, 0.25) is 0 Å². The highest BCUT2D eigenvalue weighted by molar-refractivity contribution is 9.10. The fourth-order valence-corrected chi connectivity index (χ4v) is 2.28. The van der Waals surface area contributed by atoms with Crippen molar-refractivity contribution < 1.29 is 4.79 Å². The second-order valence-corrected chi connectivity index (χ2v) is 5.67. The number of carbonyl (C=O) groups is 1. The van der Waals surface area contributed by atoms with Crippen LogP contribution in [0.15, 0.2) is 41.0 Å². The Bertz CT molecular complexity index is 658. The fourth-order valence-electron chi connectivity index (χ4n) is 1.92. The molecular weight excluding hydrogens is 332 g/mol. The Morgan fingerprint density at radius 3 is 2.76 bits per heavy atom. The number of benzene rings is 1. The molecule has 0 unspecified atom stereocenters. The zero-order valence-corrected chi connectivity index (χ0v) is 13.5. The molecule has 21 heavy (non-hydrogen) atoms. The molecule has 0 saturated heterocycles. The molecule has 0 spiro atoms. The van der Waals surface area contributed by atoms with Crippen molar-refractivity contribution in [3.63, 3.8) is 0 Å². The highest BCUT2D eigenvalue weighted by Gasteiger charge is 2.11. The number of aromatic nitrogens is 1. The van der Waals surface area contributed by atoms with E-state index in [1.807, 2.05) is 37.2 Å². The maximum Gasteiger partial charge on any atom is 0.255 e. The highest BCUT2D eigenvalue weighted by Crippen LogP contribution is 2.28. The normalized spacial score (nSPS) is 10.3. The zero-order chi connectivity index (χ0) is 15.4. The number of carbonyl (C=O) groups excluding carboxylic acids is 1. The molecule has 0 atom stereocenters. The van der Waals surface area contributed by atoms with Gasteiger partial charge in [-0.1, -0.05) is 15.9 Å². The van der Waals surface area contributed by atoms with Crippen LogP contribution in [0.1, 0.15) is 16.1 Å². The summed E-state index contributed by atoms with van der Waals surface area (Å²) in [5, 5.41) is 2.92. The number of amides is 1. The third-order valence-electron chi connectivity index (χ3n) is 2.98. The van der Waals surface area contributed by atoms with E-state index in [2.05, 4.69) is 26.2 Å². The third kappa shape index (κ3) is 3.80. The van der Waals surface area contributed by atoms with Crippen LogP contribution in [0, 0.1) is 0 Å². The van der Waals surface area contributed by atoms with Gasteiger partial charge in [0.05, 0.1) is 17.1 Å². The number of nitrogens with one attached hydrogen (secondary N) is 1. The first-order valence-electron chi connectivity index (χ1n) is 6.44. The first-order chi connectivity index (χ1) is 10.0. The van der Waals surface area contributed by atoms with Gasteiger partial charge in [-0.25, -0.2) is 0 Å². The number of rotatable bonds is 4. The summed E-state index contributed by atoms with van der Waals surface area (Å²) in [4.78, 5) is 18.4. The fraction of sp³-hybridized carbons (Fsp3) is 0.200. The first kappa shape index (κ1) is 15.5.